The van der Waals surface area contributed by atoms with E-state index in [0.29, 0.717) is 38.2 Å². The van der Waals surface area contributed by atoms with Crippen molar-refractivity contribution in [3.63, 3.8) is 0 Å². The maximum absolute atomic E-state index is 12.3. The van der Waals surface area contributed by atoms with Gasteiger partial charge in [0.05, 0.1) is 24.3 Å². The molecule has 0 saturated carbocycles. The molecule has 1 atom stereocenters. The Morgan fingerprint density at radius 3 is 2.70 bits per heavy atom. The molecule has 1 aliphatic rings. The van der Waals surface area contributed by atoms with Crippen molar-refractivity contribution in [1.29, 1.82) is 5.26 Å². The zero-order chi connectivity index (χ0) is 16.7. The van der Waals surface area contributed by atoms with Crippen LogP contribution in [0.2, 0.25) is 0 Å². The number of rotatable bonds is 7. The second-order valence-corrected chi connectivity index (χ2v) is 5.88. The molecule has 122 valence electrons. The molecule has 0 aliphatic carbocycles. The van der Waals surface area contributed by atoms with Crippen molar-refractivity contribution < 1.29 is 9.90 Å². The van der Waals surface area contributed by atoms with E-state index < -0.39 is 6.10 Å². The van der Waals surface area contributed by atoms with Crippen LogP contribution in [0.1, 0.15) is 24.0 Å². The molecule has 0 unspecified atom stereocenters. The Morgan fingerprint density at radius 1 is 1.35 bits per heavy atom. The van der Waals surface area contributed by atoms with E-state index in [9.17, 15) is 9.90 Å². The van der Waals surface area contributed by atoms with Gasteiger partial charge in [0, 0.05) is 26.2 Å². The van der Waals surface area contributed by atoms with Crippen LogP contribution < -0.4 is 0 Å². The van der Waals surface area contributed by atoms with E-state index in [1.54, 1.807) is 18.2 Å². The third-order valence-corrected chi connectivity index (χ3v) is 4.03. The van der Waals surface area contributed by atoms with Crippen molar-refractivity contribution in [2.24, 2.45) is 0 Å². The lowest BCUT2D eigenvalue weighted by atomic mass is 10.1. The Balaban J connectivity index is 1.82. The minimum Gasteiger partial charge on any atom is -0.392 e. The van der Waals surface area contributed by atoms with Crippen LogP contribution in [0.3, 0.4) is 0 Å². The second-order valence-electron chi connectivity index (χ2n) is 5.88. The normalized spacial score (nSPS) is 16.9. The first-order valence-electron chi connectivity index (χ1n) is 7.90. The lowest BCUT2D eigenvalue weighted by molar-refractivity contribution is -0.137. The maximum atomic E-state index is 12.3. The van der Waals surface area contributed by atoms with Gasteiger partial charge in [0.1, 0.15) is 0 Å². The Hall–Kier alpha value is -2.16. The average molecular weight is 313 g/mol. The maximum Gasteiger partial charge on any atom is 0.237 e. The average Bonchev–Trinajstić information content (AvgIpc) is 2.56. The van der Waals surface area contributed by atoms with Crippen LogP contribution in [-0.2, 0) is 11.3 Å². The number of β-amino-alcohol motifs (C(OH)–C–C–N with tert-alkyl or cyclic N) is 1. The molecule has 0 aromatic heterocycles. The van der Waals surface area contributed by atoms with Crippen LogP contribution in [-0.4, -0.2) is 53.1 Å². The minimum absolute atomic E-state index is 0.0801. The SMILES string of the molecule is C=CCC[C@@H](O)CN1CCN(Cc2ccc(C#N)cc2)C(=O)C1. The number of carbonyl (C=O) groups excluding carboxylic acids is 1. The summed E-state index contributed by atoms with van der Waals surface area (Å²) in [5, 5.41) is 18.7. The van der Waals surface area contributed by atoms with E-state index in [1.165, 1.54) is 0 Å². The van der Waals surface area contributed by atoms with Gasteiger partial charge in [0.15, 0.2) is 0 Å². The fourth-order valence-electron chi connectivity index (χ4n) is 2.68. The molecule has 1 fully saturated rings. The smallest absolute Gasteiger partial charge is 0.237 e. The Morgan fingerprint density at radius 2 is 2.09 bits per heavy atom. The lowest BCUT2D eigenvalue weighted by Crippen LogP contribution is -2.51. The predicted molar refractivity (Wildman–Crippen MR) is 88.5 cm³/mol. The number of allylic oxidation sites excluding steroid dienone is 1. The minimum atomic E-state index is -0.411. The molecule has 1 heterocycles. The van der Waals surface area contributed by atoms with Gasteiger partial charge in [-0.3, -0.25) is 9.69 Å². The summed E-state index contributed by atoms with van der Waals surface area (Å²) in [6, 6.07) is 9.40. The van der Waals surface area contributed by atoms with Crippen molar-refractivity contribution in [2.75, 3.05) is 26.2 Å². The summed E-state index contributed by atoms with van der Waals surface area (Å²) in [6.07, 6.45) is 2.85. The number of hydrogen-bond donors (Lipinski definition) is 1. The highest BCUT2D eigenvalue weighted by Gasteiger charge is 2.25. The number of hydrogen-bond acceptors (Lipinski definition) is 4. The van der Waals surface area contributed by atoms with Crippen LogP contribution in [0.15, 0.2) is 36.9 Å². The highest BCUT2D eigenvalue weighted by atomic mass is 16.3. The van der Waals surface area contributed by atoms with E-state index in [4.69, 9.17) is 5.26 Å². The summed E-state index contributed by atoms with van der Waals surface area (Å²) >= 11 is 0. The molecule has 1 saturated heterocycles. The van der Waals surface area contributed by atoms with E-state index in [0.717, 1.165) is 18.5 Å². The van der Waals surface area contributed by atoms with Gasteiger partial charge in [-0.15, -0.1) is 6.58 Å². The molecule has 1 aliphatic heterocycles. The molecule has 1 aromatic carbocycles. The Labute approximate surface area is 137 Å². The quantitative estimate of drug-likeness (QED) is 0.775. The molecule has 1 amide bonds. The molecule has 0 radical (unpaired) electrons. The third kappa shape index (κ3) is 5.20. The number of piperazine rings is 1. The number of benzene rings is 1. The van der Waals surface area contributed by atoms with Gasteiger partial charge in [-0.2, -0.15) is 5.26 Å². The first-order valence-corrected chi connectivity index (χ1v) is 7.90. The van der Waals surface area contributed by atoms with Gasteiger partial charge in [-0.1, -0.05) is 18.2 Å². The predicted octanol–water partition coefficient (Wildman–Crippen LogP) is 1.53. The first kappa shape index (κ1) is 17.2. The van der Waals surface area contributed by atoms with Gasteiger partial charge in [-0.25, -0.2) is 0 Å². The number of aliphatic hydroxyl groups is 1. The summed E-state index contributed by atoms with van der Waals surface area (Å²) in [4.78, 5) is 16.1. The zero-order valence-corrected chi connectivity index (χ0v) is 13.3. The topological polar surface area (TPSA) is 67.6 Å². The molecule has 1 N–H and O–H groups in total. The molecule has 5 nitrogen and oxygen atoms in total. The monoisotopic (exact) mass is 313 g/mol. The van der Waals surface area contributed by atoms with Crippen molar-refractivity contribution in [2.45, 2.75) is 25.5 Å². The molecule has 23 heavy (non-hydrogen) atoms. The number of carbonyl (C=O) groups is 1. The molecular formula is C18H23N3O2. The van der Waals surface area contributed by atoms with Crippen LogP contribution in [0.5, 0.6) is 0 Å². The number of aliphatic hydroxyl groups excluding tert-OH is 1. The van der Waals surface area contributed by atoms with Gasteiger partial charge in [0.25, 0.3) is 0 Å². The Kier molecular flexibility index (Phi) is 6.33. The summed E-state index contributed by atoms with van der Waals surface area (Å²) in [6.45, 7) is 6.53. The number of nitrogens with zero attached hydrogens (tertiary/aromatic N) is 3. The summed E-state index contributed by atoms with van der Waals surface area (Å²) in [5.41, 5.74) is 1.65. The van der Waals surface area contributed by atoms with E-state index >= 15 is 0 Å². The standard InChI is InChI=1S/C18H23N3O2/c1-2-3-4-17(22)13-20-9-10-21(18(23)14-20)12-16-7-5-15(11-19)6-8-16/h2,5-8,17,22H,1,3-4,9-10,12-14H2/t17-/m1/s1. The van der Waals surface area contributed by atoms with Crippen molar-refractivity contribution in [1.82, 2.24) is 9.80 Å². The van der Waals surface area contributed by atoms with E-state index in [2.05, 4.69) is 12.6 Å². The first-order chi connectivity index (χ1) is 11.1. The van der Waals surface area contributed by atoms with Gasteiger partial charge in [0.2, 0.25) is 5.91 Å². The fraction of sp³-hybridized carbons (Fsp3) is 0.444. The van der Waals surface area contributed by atoms with Crippen molar-refractivity contribution in [3.8, 4) is 6.07 Å². The number of nitriles is 1. The molecule has 0 bridgehead atoms. The zero-order valence-electron chi connectivity index (χ0n) is 13.3. The van der Waals surface area contributed by atoms with Crippen molar-refractivity contribution >= 4 is 5.91 Å². The highest BCUT2D eigenvalue weighted by molar-refractivity contribution is 5.79. The lowest BCUT2D eigenvalue weighted by Gasteiger charge is -2.35. The molecule has 5 heteroatoms. The van der Waals surface area contributed by atoms with Gasteiger partial charge < -0.3 is 10.0 Å². The molecule has 0 spiro atoms. The highest BCUT2D eigenvalue weighted by Crippen LogP contribution is 2.12. The molecular weight excluding hydrogens is 290 g/mol. The summed E-state index contributed by atoms with van der Waals surface area (Å²) in [7, 11) is 0. The summed E-state index contributed by atoms with van der Waals surface area (Å²) < 4.78 is 0. The van der Waals surface area contributed by atoms with Crippen LogP contribution in [0, 0.1) is 11.3 Å². The second kappa shape index (κ2) is 8.47. The van der Waals surface area contributed by atoms with E-state index in [1.807, 2.05) is 21.9 Å². The van der Waals surface area contributed by atoms with Crippen LogP contribution in [0.25, 0.3) is 0 Å². The van der Waals surface area contributed by atoms with Crippen LogP contribution in [0.4, 0.5) is 0 Å². The van der Waals surface area contributed by atoms with E-state index in [-0.39, 0.29) is 5.91 Å². The fourth-order valence-corrected chi connectivity index (χ4v) is 2.68. The largest absolute Gasteiger partial charge is 0.392 e. The Bertz CT molecular complexity index is 577. The molecule has 2 rings (SSSR count). The summed E-state index contributed by atoms with van der Waals surface area (Å²) in [5.74, 6) is 0.0801. The number of amides is 1. The van der Waals surface area contributed by atoms with Crippen molar-refractivity contribution in [3.05, 3.63) is 48.0 Å². The van der Waals surface area contributed by atoms with Gasteiger partial charge in [-0.05, 0) is 30.5 Å². The van der Waals surface area contributed by atoms with Crippen LogP contribution >= 0.6 is 0 Å². The third-order valence-electron chi connectivity index (χ3n) is 4.03. The molecule has 1 aromatic rings. The van der Waals surface area contributed by atoms with Gasteiger partial charge >= 0.3 is 0 Å².